The van der Waals surface area contributed by atoms with E-state index >= 15 is 0 Å². The molecule has 0 spiro atoms. The van der Waals surface area contributed by atoms with Gasteiger partial charge in [0.15, 0.2) is 0 Å². The minimum Gasteiger partial charge on any atom is -0.399 e. The lowest BCUT2D eigenvalue weighted by Gasteiger charge is -2.32. The van der Waals surface area contributed by atoms with Gasteiger partial charge in [-0.25, -0.2) is 0 Å². The van der Waals surface area contributed by atoms with Crippen LogP contribution in [0.2, 0.25) is 0 Å². The highest BCUT2D eigenvalue weighted by Gasteiger charge is 2.52. The fraction of sp³-hybridized carbons (Fsp3) is 0.240. The van der Waals surface area contributed by atoms with Gasteiger partial charge in [0.25, 0.3) is 0 Å². The summed E-state index contributed by atoms with van der Waals surface area (Å²) < 4.78 is 41.1. The summed E-state index contributed by atoms with van der Waals surface area (Å²) in [5.41, 5.74) is 0.853. The first-order chi connectivity index (χ1) is 14.7. The van der Waals surface area contributed by atoms with Gasteiger partial charge in [-0.2, -0.15) is 13.8 Å². The van der Waals surface area contributed by atoms with Crippen molar-refractivity contribution < 1.29 is 18.1 Å². The molecule has 2 heterocycles. The van der Waals surface area contributed by atoms with E-state index in [2.05, 4.69) is 4.98 Å². The minimum atomic E-state index is -0.844. The van der Waals surface area contributed by atoms with Crippen LogP contribution in [0.25, 0.3) is 32.7 Å². The van der Waals surface area contributed by atoms with Gasteiger partial charge in [-0.15, -0.1) is 0 Å². The number of hydrogen-bond donors (Lipinski definition) is 0. The first kappa shape index (κ1) is 20.1. The van der Waals surface area contributed by atoms with Crippen LogP contribution in [0.5, 0.6) is 0 Å². The van der Waals surface area contributed by atoms with Gasteiger partial charge in [-0.1, -0.05) is 48.5 Å². The van der Waals surface area contributed by atoms with Crippen molar-refractivity contribution in [3.05, 3.63) is 72.6 Å². The Labute approximate surface area is 180 Å². The van der Waals surface area contributed by atoms with Crippen LogP contribution in [-0.4, -0.2) is 23.3 Å². The van der Waals surface area contributed by atoms with Crippen molar-refractivity contribution in [1.82, 2.24) is 4.98 Å². The molecule has 156 valence electrons. The van der Waals surface area contributed by atoms with E-state index in [1.165, 1.54) is 12.1 Å². The van der Waals surface area contributed by atoms with Crippen LogP contribution in [0.3, 0.4) is 0 Å². The number of halogens is 2. The van der Waals surface area contributed by atoms with Crippen LogP contribution in [0.4, 0.5) is 8.78 Å². The van der Waals surface area contributed by atoms with E-state index in [4.69, 9.17) is 9.31 Å². The molecule has 1 aliphatic rings. The Morgan fingerprint density at radius 2 is 1.19 bits per heavy atom. The highest BCUT2D eigenvalue weighted by Crippen LogP contribution is 2.41. The van der Waals surface area contributed by atoms with Gasteiger partial charge in [-0.3, -0.25) is 0 Å². The van der Waals surface area contributed by atoms with Crippen molar-refractivity contribution >= 4 is 34.1 Å². The molecule has 0 unspecified atom stereocenters. The lowest BCUT2D eigenvalue weighted by molar-refractivity contribution is 0.00578. The molecule has 4 aromatic rings. The number of hydrogen-bond acceptors (Lipinski definition) is 3. The van der Waals surface area contributed by atoms with Crippen molar-refractivity contribution in [1.29, 1.82) is 0 Å². The Balaban J connectivity index is 1.88. The van der Waals surface area contributed by atoms with Crippen LogP contribution >= 0.6 is 0 Å². The van der Waals surface area contributed by atoms with Crippen LogP contribution in [0.1, 0.15) is 27.7 Å². The molecule has 0 saturated carbocycles. The summed E-state index contributed by atoms with van der Waals surface area (Å²) in [5, 5.41) is 3.47. The van der Waals surface area contributed by atoms with Crippen molar-refractivity contribution in [2.24, 2.45) is 0 Å². The monoisotopic (exact) mass is 417 g/mol. The number of benzene rings is 3. The Bertz CT molecular complexity index is 1260. The second kappa shape index (κ2) is 6.84. The molecule has 3 nitrogen and oxygen atoms in total. The first-order valence-corrected chi connectivity index (χ1v) is 10.3. The van der Waals surface area contributed by atoms with Crippen LogP contribution < -0.4 is 5.46 Å². The topological polar surface area (TPSA) is 31.4 Å². The van der Waals surface area contributed by atoms with Gasteiger partial charge in [0, 0.05) is 11.1 Å². The molecule has 0 N–H and O–H groups in total. The standard InChI is InChI=1S/C25H22BF2NO2/c1-24(2)25(3,4)31-26(30-24)22-17-11-7-5-9-15(17)21(16-10-6-8-12-18(16)22)19-13-14-20(27)29-23(19)28/h5-14H,1-4H3. The molecule has 0 radical (unpaired) electrons. The van der Waals surface area contributed by atoms with Crippen LogP contribution in [-0.2, 0) is 9.31 Å². The molecule has 0 amide bonds. The molecule has 1 fully saturated rings. The Hall–Kier alpha value is -2.83. The van der Waals surface area contributed by atoms with E-state index in [0.717, 1.165) is 27.0 Å². The number of rotatable bonds is 2. The fourth-order valence-corrected chi connectivity index (χ4v) is 4.27. The third-order valence-electron chi connectivity index (χ3n) is 6.55. The largest absolute Gasteiger partial charge is 0.496 e. The summed E-state index contributed by atoms with van der Waals surface area (Å²) in [4.78, 5) is 3.42. The summed E-state index contributed by atoms with van der Waals surface area (Å²) in [6.07, 6.45) is 0. The zero-order chi connectivity index (χ0) is 22.0. The predicted molar refractivity (Wildman–Crippen MR) is 120 cm³/mol. The summed E-state index contributed by atoms with van der Waals surface area (Å²) in [6, 6.07) is 18.2. The Morgan fingerprint density at radius 3 is 1.68 bits per heavy atom. The molecule has 0 bridgehead atoms. The van der Waals surface area contributed by atoms with Crippen molar-refractivity contribution in [2.75, 3.05) is 0 Å². The van der Waals surface area contributed by atoms with Crippen molar-refractivity contribution in [2.45, 2.75) is 38.9 Å². The van der Waals surface area contributed by atoms with Gasteiger partial charge < -0.3 is 9.31 Å². The van der Waals surface area contributed by atoms with Crippen LogP contribution in [0.15, 0.2) is 60.7 Å². The van der Waals surface area contributed by atoms with Crippen LogP contribution in [0, 0.1) is 11.9 Å². The Kier molecular flexibility index (Phi) is 4.43. The summed E-state index contributed by atoms with van der Waals surface area (Å²) in [6.45, 7) is 8.08. The van der Waals surface area contributed by atoms with Gasteiger partial charge in [0.2, 0.25) is 11.9 Å². The van der Waals surface area contributed by atoms with E-state index in [0.29, 0.717) is 5.56 Å². The molecule has 0 aliphatic carbocycles. The normalized spacial score (nSPS) is 17.5. The molecule has 1 aromatic heterocycles. The van der Waals surface area contributed by atoms with E-state index in [1.807, 2.05) is 76.2 Å². The molecule has 6 heteroatoms. The van der Waals surface area contributed by atoms with Gasteiger partial charge >= 0.3 is 7.12 Å². The molecular formula is C25H22BF2NO2. The van der Waals surface area contributed by atoms with E-state index in [-0.39, 0.29) is 5.56 Å². The van der Waals surface area contributed by atoms with Gasteiger partial charge in [-0.05, 0) is 66.8 Å². The number of fused-ring (bicyclic) bond motifs is 2. The van der Waals surface area contributed by atoms with Crippen molar-refractivity contribution in [3.63, 3.8) is 0 Å². The van der Waals surface area contributed by atoms with Gasteiger partial charge in [0.05, 0.1) is 11.2 Å². The molecule has 0 atom stereocenters. The van der Waals surface area contributed by atoms with E-state index in [1.54, 1.807) is 0 Å². The molecular weight excluding hydrogens is 395 g/mol. The zero-order valence-electron chi connectivity index (χ0n) is 17.9. The second-order valence-electron chi connectivity index (χ2n) is 8.94. The van der Waals surface area contributed by atoms with Gasteiger partial charge in [0.1, 0.15) is 0 Å². The molecule has 1 aliphatic heterocycles. The predicted octanol–water partition coefficient (Wildman–Crippen LogP) is 5.63. The lowest BCUT2D eigenvalue weighted by Crippen LogP contribution is -2.41. The molecule has 1 saturated heterocycles. The lowest BCUT2D eigenvalue weighted by atomic mass is 9.71. The van der Waals surface area contributed by atoms with E-state index in [9.17, 15) is 8.78 Å². The maximum Gasteiger partial charge on any atom is 0.496 e. The average Bonchev–Trinajstić information content (AvgIpc) is 2.93. The quantitative estimate of drug-likeness (QED) is 0.241. The third kappa shape index (κ3) is 3.05. The molecule has 5 rings (SSSR count). The molecule has 31 heavy (non-hydrogen) atoms. The summed E-state index contributed by atoms with van der Waals surface area (Å²) in [5.74, 6) is -1.68. The Morgan fingerprint density at radius 1 is 0.710 bits per heavy atom. The average molecular weight is 417 g/mol. The maximum atomic E-state index is 14.8. The minimum absolute atomic E-state index is 0.259. The number of nitrogens with zero attached hydrogens (tertiary/aromatic N) is 1. The van der Waals surface area contributed by atoms with E-state index < -0.39 is 30.2 Å². The first-order valence-electron chi connectivity index (χ1n) is 10.3. The number of pyridine rings is 1. The summed E-state index contributed by atoms with van der Waals surface area (Å²) in [7, 11) is -0.579. The summed E-state index contributed by atoms with van der Waals surface area (Å²) >= 11 is 0. The third-order valence-corrected chi connectivity index (χ3v) is 6.55. The highest BCUT2D eigenvalue weighted by molar-refractivity contribution is 6.68. The number of aromatic nitrogens is 1. The highest BCUT2D eigenvalue weighted by atomic mass is 19.1. The maximum absolute atomic E-state index is 14.8. The fourth-order valence-electron chi connectivity index (χ4n) is 4.27. The SMILES string of the molecule is CC1(C)OB(c2c3ccccc3c(-c3ccc(F)nc3F)c3ccccc23)OC1(C)C. The zero-order valence-corrected chi connectivity index (χ0v) is 17.9. The second-order valence-corrected chi connectivity index (χ2v) is 8.94. The van der Waals surface area contributed by atoms with Crippen molar-refractivity contribution in [3.8, 4) is 11.1 Å². The smallest absolute Gasteiger partial charge is 0.399 e. The molecule has 3 aromatic carbocycles.